The lowest BCUT2D eigenvalue weighted by molar-refractivity contribution is -0.217. The molecule has 0 heterocycles. The van der Waals surface area contributed by atoms with Gasteiger partial charge in [-0.2, -0.15) is 0 Å². The molecule has 3 heteroatoms. The van der Waals surface area contributed by atoms with E-state index in [9.17, 15) is 15.0 Å². The molecule has 11 atom stereocenters. The van der Waals surface area contributed by atoms with Gasteiger partial charge in [-0.25, -0.2) is 0 Å². The van der Waals surface area contributed by atoms with Gasteiger partial charge in [0.05, 0.1) is 11.5 Å². The summed E-state index contributed by atoms with van der Waals surface area (Å²) in [6.45, 7) is 17.0. The van der Waals surface area contributed by atoms with Crippen LogP contribution >= 0.6 is 0 Å². The van der Waals surface area contributed by atoms with Crippen LogP contribution in [0.15, 0.2) is 11.6 Å². The number of carboxylic acid groups (broad SMARTS) is 1. The van der Waals surface area contributed by atoms with Gasteiger partial charge in [0.2, 0.25) is 0 Å². The van der Waals surface area contributed by atoms with Crippen molar-refractivity contribution in [1.29, 1.82) is 0 Å². The summed E-state index contributed by atoms with van der Waals surface area (Å²) < 4.78 is 0. The highest BCUT2D eigenvalue weighted by Crippen LogP contribution is 2.75. The highest BCUT2D eigenvalue weighted by Gasteiger charge is 2.69. The van der Waals surface area contributed by atoms with Crippen molar-refractivity contribution in [1.82, 2.24) is 0 Å². The van der Waals surface area contributed by atoms with Crippen LogP contribution in [0.2, 0.25) is 0 Å². The standard InChI is InChI=1S/C30H48O3/c1-18-10-13-26(3)16-17-28(5)20(24(26)19(18)2)8-9-21-27(4)14-12-23(31)30(7,25(32)33)22(27)11-15-29(21,28)6/h8,18-19,21-24,31H,9-17H2,1-7H3,(H,32,33)/t18-,19+,21-,22+,23-,24+,26-,27-,28-,29-,30-/m1/s1. The minimum Gasteiger partial charge on any atom is -0.481 e. The smallest absolute Gasteiger partial charge is 0.312 e. The molecule has 5 aliphatic carbocycles. The van der Waals surface area contributed by atoms with Gasteiger partial charge >= 0.3 is 5.97 Å². The average molecular weight is 457 g/mol. The normalized spacial score (nSPS) is 58.2. The fraction of sp³-hybridized carbons (Fsp3) is 0.900. The first kappa shape index (κ1) is 23.9. The quantitative estimate of drug-likeness (QED) is 0.414. The van der Waals surface area contributed by atoms with Gasteiger partial charge in [-0.3, -0.25) is 4.79 Å². The van der Waals surface area contributed by atoms with Crippen molar-refractivity contribution in [3.8, 4) is 0 Å². The van der Waals surface area contributed by atoms with Crippen LogP contribution in [0.5, 0.6) is 0 Å². The van der Waals surface area contributed by atoms with E-state index in [0.29, 0.717) is 23.7 Å². The number of hydrogen-bond acceptors (Lipinski definition) is 2. The van der Waals surface area contributed by atoms with E-state index in [4.69, 9.17) is 0 Å². The molecular weight excluding hydrogens is 408 g/mol. The van der Waals surface area contributed by atoms with Gasteiger partial charge in [-0.15, -0.1) is 0 Å². The lowest BCUT2D eigenvalue weighted by atomic mass is 9.33. The van der Waals surface area contributed by atoms with E-state index in [1.807, 2.05) is 6.92 Å². The Kier molecular flexibility index (Phi) is 5.15. The lowest BCUT2D eigenvalue weighted by Crippen LogP contribution is -2.66. The van der Waals surface area contributed by atoms with Gasteiger partial charge < -0.3 is 10.2 Å². The second-order valence-corrected chi connectivity index (χ2v) is 14.4. The minimum atomic E-state index is -1.03. The number of carboxylic acids is 1. The van der Waals surface area contributed by atoms with Crippen LogP contribution in [0.25, 0.3) is 0 Å². The zero-order valence-electron chi connectivity index (χ0n) is 22.2. The Morgan fingerprint density at radius 2 is 1.61 bits per heavy atom. The third kappa shape index (κ3) is 2.75. The number of aliphatic hydroxyl groups is 1. The number of aliphatic hydroxyl groups excluding tert-OH is 1. The van der Waals surface area contributed by atoms with E-state index < -0.39 is 17.5 Å². The molecule has 4 fully saturated rings. The minimum absolute atomic E-state index is 0.0311. The molecule has 0 aromatic carbocycles. The number of carbonyl (C=O) groups is 1. The van der Waals surface area contributed by atoms with E-state index in [1.54, 1.807) is 5.57 Å². The van der Waals surface area contributed by atoms with Crippen molar-refractivity contribution in [2.24, 2.45) is 56.7 Å². The summed E-state index contributed by atoms with van der Waals surface area (Å²) in [5.74, 6) is 1.96. The highest BCUT2D eigenvalue weighted by molar-refractivity contribution is 5.76. The Labute approximate surface area is 201 Å². The van der Waals surface area contributed by atoms with E-state index in [0.717, 1.165) is 37.5 Å². The van der Waals surface area contributed by atoms with Crippen molar-refractivity contribution < 1.29 is 15.0 Å². The molecule has 0 bridgehead atoms. The summed E-state index contributed by atoms with van der Waals surface area (Å²) in [6, 6.07) is 0. The molecule has 4 saturated carbocycles. The number of rotatable bonds is 1. The number of aliphatic carboxylic acids is 1. The maximum atomic E-state index is 12.5. The summed E-state index contributed by atoms with van der Waals surface area (Å²) in [4.78, 5) is 12.5. The molecule has 0 amide bonds. The van der Waals surface area contributed by atoms with Gasteiger partial charge in [0.1, 0.15) is 0 Å². The van der Waals surface area contributed by atoms with E-state index in [2.05, 4.69) is 47.6 Å². The summed E-state index contributed by atoms with van der Waals surface area (Å²) in [7, 11) is 0. The van der Waals surface area contributed by atoms with Crippen molar-refractivity contribution in [2.45, 2.75) is 112 Å². The highest BCUT2D eigenvalue weighted by atomic mass is 16.4. The zero-order valence-corrected chi connectivity index (χ0v) is 22.2. The van der Waals surface area contributed by atoms with Crippen LogP contribution in [0.4, 0.5) is 0 Å². The Bertz CT molecular complexity index is 878. The van der Waals surface area contributed by atoms with Crippen molar-refractivity contribution in [3.63, 3.8) is 0 Å². The van der Waals surface area contributed by atoms with Gasteiger partial charge in [0, 0.05) is 0 Å². The monoisotopic (exact) mass is 456 g/mol. The molecule has 33 heavy (non-hydrogen) atoms. The molecule has 0 spiro atoms. The Hall–Kier alpha value is -0.830. The lowest BCUT2D eigenvalue weighted by Gasteiger charge is -2.71. The summed E-state index contributed by atoms with van der Waals surface area (Å²) in [5, 5.41) is 21.1. The third-order valence-corrected chi connectivity index (χ3v) is 13.5. The first-order valence-corrected chi connectivity index (χ1v) is 13.9. The summed E-state index contributed by atoms with van der Waals surface area (Å²) >= 11 is 0. The van der Waals surface area contributed by atoms with Crippen LogP contribution < -0.4 is 0 Å². The van der Waals surface area contributed by atoms with Crippen LogP contribution in [0.3, 0.4) is 0 Å². The van der Waals surface area contributed by atoms with E-state index in [-0.39, 0.29) is 22.2 Å². The van der Waals surface area contributed by atoms with Gasteiger partial charge in [0.25, 0.3) is 0 Å². The van der Waals surface area contributed by atoms with Gasteiger partial charge in [-0.1, -0.05) is 53.2 Å². The largest absolute Gasteiger partial charge is 0.481 e. The molecule has 0 unspecified atom stereocenters. The molecule has 0 aliphatic heterocycles. The van der Waals surface area contributed by atoms with Crippen LogP contribution in [0.1, 0.15) is 106 Å². The van der Waals surface area contributed by atoms with Gasteiger partial charge in [0.15, 0.2) is 0 Å². The first-order valence-electron chi connectivity index (χ1n) is 13.9. The Balaban J connectivity index is 1.60. The number of hydrogen-bond donors (Lipinski definition) is 2. The van der Waals surface area contributed by atoms with Crippen molar-refractivity contribution in [3.05, 3.63) is 11.6 Å². The Morgan fingerprint density at radius 1 is 0.909 bits per heavy atom. The fourth-order valence-electron chi connectivity index (χ4n) is 10.8. The molecule has 3 nitrogen and oxygen atoms in total. The molecular formula is C30H48O3. The Morgan fingerprint density at radius 3 is 2.27 bits per heavy atom. The predicted molar refractivity (Wildman–Crippen MR) is 133 cm³/mol. The third-order valence-electron chi connectivity index (χ3n) is 13.5. The molecule has 5 aliphatic rings. The van der Waals surface area contributed by atoms with Crippen LogP contribution in [-0.2, 0) is 4.79 Å². The molecule has 0 aromatic heterocycles. The molecule has 0 radical (unpaired) electrons. The molecule has 0 saturated heterocycles. The topological polar surface area (TPSA) is 57.5 Å². The number of fused-ring (bicyclic) bond motifs is 7. The molecule has 186 valence electrons. The van der Waals surface area contributed by atoms with Crippen molar-refractivity contribution >= 4 is 5.97 Å². The predicted octanol–water partition coefficient (Wildman–Crippen LogP) is 7.09. The fourth-order valence-corrected chi connectivity index (χ4v) is 10.8. The second kappa shape index (κ2) is 7.11. The molecule has 0 aromatic rings. The van der Waals surface area contributed by atoms with Crippen LogP contribution in [-0.4, -0.2) is 22.3 Å². The summed E-state index contributed by atoms with van der Waals surface area (Å²) in [6.07, 6.45) is 12.0. The van der Waals surface area contributed by atoms with Crippen molar-refractivity contribution in [2.75, 3.05) is 0 Å². The number of allylic oxidation sites excluding steroid dienone is 2. The SMILES string of the molecule is C[C@H]1[C@H](C)CC[C@]2(C)CC[C@]3(C)C(=CC[C@@H]4[C@@]5(C)CC[C@@H](O)[C@](C)(C(=O)O)[C@H]5CC[C@]43C)[C@H]12. The second-order valence-electron chi connectivity index (χ2n) is 14.4. The maximum absolute atomic E-state index is 12.5. The first-order chi connectivity index (χ1) is 15.3. The maximum Gasteiger partial charge on any atom is 0.312 e. The van der Waals surface area contributed by atoms with E-state index >= 15 is 0 Å². The zero-order chi connectivity index (χ0) is 24.2. The molecule has 5 rings (SSSR count). The van der Waals surface area contributed by atoms with Gasteiger partial charge in [-0.05, 0) is 116 Å². The van der Waals surface area contributed by atoms with Crippen LogP contribution in [0, 0.1) is 56.7 Å². The summed E-state index contributed by atoms with van der Waals surface area (Å²) in [5.41, 5.74) is 1.56. The molecule has 2 N–H and O–H groups in total. The average Bonchev–Trinajstić information content (AvgIpc) is 2.75. The van der Waals surface area contributed by atoms with E-state index in [1.165, 1.54) is 25.7 Å².